The highest BCUT2D eigenvalue weighted by Gasteiger charge is 2.22. The van der Waals surface area contributed by atoms with E-state index in [1.54, 1.807) is 30.3 Å². The third kappa shape index (κ3) is 12.1. The Kier molecular flexibility index (Phi) is 15.2. The van der Waals surface area contributed by atoms with Crippen LogP contribution in [0.4, 0.5) is 0 Å². The van der Waals surface area contributed by atoms with E-state index in [1.165, 1.54) is 37.7 Å². The van der Waals surface area contributed by atoms with Crippen LogP contribution in [0.15, 0.2) is 71.4 Å². The second kappa shape index (κ2) is 17.8. The molecule has 0 fully saturated rings. The van der Waals surface area contributed by atoms with Crippen molar-refractivity contribution in [3.63, 3.8) is 0 Å². The maximum absolute atomic E-state index is 12.4. The van der Waals surface area contributed by atoms with Crippen molar-refractivity contribution in [2.75, 3.05) is 6.61 Å². The molecule has 0 bridgehead atoms. The van der Waals surface area contributed by atoms with Crippen LogP contribution >= 0.6 is 0 Å². The van der Waals surface area contributed by atoms with Gasteiger partial charge in [0.15, 0.2) is 0 Å². The topological polar surface area (TPSA) is 95.3 Å². The van der Waals surface area contributed by atoms with Crippen molar-refractivity contribution in [3.05, 3.63) is 82.3 Å². The Balaban J connectivity index is 2.55. The van der Waals surface area contributed by atoms with Gasteiger partial charge >= 0.3 is 5.97 Å². The van der Waals surface area contributed by atoms with Crippen molar-refractivity contribution in [1.82, 2.24) is 0 Å². The van der Waals surface area contributed by atoms with E-state index in [1.807, 2.05) is 12.1 Å². The molecular formula is C26H37N3O3. The molecule has 1 rings (SSSR count). The Morgan fingerprint density at radius 2 is 1.88 bits per heavy atom. The van der Waals surface area contributed by atoms with Gasteiger partial charge in [-0.2, -0.15) is 0 Å². The van der Waals surface area contributed by atoms with Crippen LogP contribution in [0.1, 0.15) is 75.6 Å². The zero-order valence-electron chi connectivity index (χ0n) is 19.4. The van der Waals surface area contributed by atoms with Crippen LogP contribution in [0.5, 0.6) is 0 Å². The summed E-state index contributed by atoms with van der Waals surface area (Å²) in [7, 11) is 0. The van der Waals surface area contributed by atoms with Gasteiger partial charge in [0.2, 0.25) is 0 Å². The molecule has 0 radical (unpaired) electrons. The molecule has 1 aromatic carbocycles. The number of allylic oxidation sites excluding steroid dienone is 5. The van der Waals surface area contributed by atoms with Crippen molar-refractivity contribution in [3.8, 4) is 0 Å². The molecule has 0 aliphatic heterocycles. The average Bonchev–Trinajstić information content (AvgIpc) is 2.81. The Bertz CT molecular complexity index is 781. The molecule has 0 saturated heterocycles. The zero-order valence-corrected chi connectivity index (χ0v) is 19.4. The zero-order chi connectivity index (χ0) is 23.4. The Morgan fingerprint density at radius 1 is 1.12 bits per heavy atom. The summed E-state index contributed by atoms with van der Waals surface area (Å²) < 4.78 is 5.49. The van der Waals surface area contributed by atoms with E-state index in [9.17, 15) is 9.90 Å². The second-order valence-corrected chi connectivity index (χ2v) is 7.75. The number of aliphatic hydroxyl groups is 1. The fourth-order valence-corrected chi connectivity index (χ4v) is 3.12. The standard InChI is InChI=1S/C26H37N3O3/c1-3-4-5-6-7-8-11-16-22(2)17-12-9-15-20-25(24(21-30)28-29-27)32-26(31)23-18-13-10-14-19-23/h10-11,13-20,24-25,30H,3-9,12,21H2,1-2H3/b16-11+,20-15+,22-17+/t24-,25+/m0/s1. The highest BCUT2D eigenvalue weighted by Crippen LogP contribution is 2.12. The molecule has 174 valence electrons. The molecule has 1 N–H and O–H groups in total. The number of azide groups is 1. The summed E-state index contributed by atoms with van der Waals surface area (Å²) in [5.41, 5.74) is 10.4. The van der Waals surface area contributed by atoms with E-state index in [0.717, 1.165) is 19.3 Å². The summed E-state index contributed by atoms with van der Waals surface area (Å²) in [6.07, 6.45) is 18.5. The number of nitrogens with zero attached hydrogens (tertiary/aromatic N) is 3. The minimum atomic E-state index is -0.874. The fraction of sp³-hybridized carbons (Fsp3) is 0.500. The van der Waals surface area contributed by atoms with Crippen molar-refractivity contribution < 1.29 is 14.6 Å². The molecule has 2 atom stereocenters. The molecule has 0 spiro atoms. The monoisotopic (exact) mass is 439 g/mol. The summed E-state index contributed by atoms with van der Waals surface area (Å²) in [4.78, 5) is 15.1. The summed E-state index contributed by atoms with van der Waals surface area (Å²) >= 11 is 0. The highest BCUT2D eigenvalue weighted by molar-refractivity contribution is 5.89. The number of hydrogen-bond donors (Lipinski definition) is 1. The first kappa shape index (κ1) is 27.2. The van der Waals surface area contributed by atoms with Crippen LogP contribution in [0, 0.1) is 0 Å². The summed E-state index contributed by atoms with van der Waals surface area (Å²) in [6, 6.07) is 7.72. The molecule has 0 aliphatic rings. The van der Waals surface area contributed by atoms with Crippen molar-refractivity contribution >= 4 is 5.97 Å². The molecular weight excluding hydrogens is 402 g/mol. The number of aliphatic hydroxyl groups excluding tert-OH is 1. The first-order valence-corrected chi connectivity index (χ1v) is 11.5. The van der Waals surface area contributed by atoms with Gasteiger partial charge in [-0.05, 0) is 56.3 Å². The quantitative estimate of drug-likeness (QED) is 0.0567. The van der Waals surface area contributed by atoms with E-state index in [2.05, 4.69) is 42.1 Å². The van der Waals surface area contributed by atoms with Gasteiger partial charge in [0.25, 0.3) is 0 Å². The van der Waals surface area contributed by atoms with Crippen LogP contribution in [0.2, 0.25) is 0 Å². The van der Waals surface area contributed by atoms with E-state index >= 15 is 0 Å². The average molecular weight is 440 g/mol. The van der Waals surface area contributed by atoms with Crippen LogP contribution in [0.3, 0.4) is 0 Å². The number of unbranched alkanes of at least 4 members (excludes halogenated alkanes) is 6. The summed E-state index contributed by atoms with van der Waals surface area (Å²) in [5.74, 6) is -0.526. The Morgan fingerprint density at radius 3 is 2.56 bits per heavy atom. The first-order chi connectivity index (χ1) is 15.6. The molecule has 6 heteroatoms. The van der Waals surface area contributed by atoms with Crippen molar-refractivity contribution in [2.24, 2.45) is 5.11 Å². The van der Waals surface area contributed by atoms with Crippen LogP contribution < -0.4 is 0 Å². The van der Waals surface area contributed by atoms with Crippen molar-refractivity contribution in [2.45, 2.75) is 77.4 Å². The molecule has 0 heterocycles. The molecule has 6 nitrogen and oxygen atoms in total. The maximum Gasteiger partial charge on any atom is 0.338 e. The number of rotatable bonds is 16. The molecule has 32 heavy (non-hydrogen) atoms. The third-order valence-electron chi connectivity index (χ3n) is 5.00. The van der Waals surface area contributed by atoms with Crippen LogP contribution in [-0.4, -0.2) is 29.8 Å². The highest BCUT2D eigenvalue weighted by atomic mass is 16.5. The largest absolute Gasteiger partial charge is 0.454 e. The normalized spacial score (nSPS) is 13.8. The lowest BCUT2D eigenvalue weighted by Gasteiger charge is -2.19. The van der Waals surface area contributed by atoms with Gasteiger partial charge in [-0.3, -0.25) is 0 Å². The van der Waals surface area contributed by atoms with Gasteiger partial charge < -0.3 is 9.84 Å². The van der Waals surface area contributed by atoms with Crippen LogP contribution in [0.25, 0.3) is 10.4 Å². The first-order valence-electron chi connectivity index (χ1n) is 11.5. The smallest absolute Gasteiger partial charge is 0.338 e. The van der Waals surface area contributed by atoms with E-state index in [4.69, 9.17) is 10.3 Å². The Hall–Kier alpha value is -2.82. The summed E-state index contributed by atoms with van der Waals surface area (Å²) in [5, 5.41) is 13.1. The summed E-state index contributed by atoms with van der Waals surface area (Å²) in [6.45, 7) is 3.90. The minimum absolute atomic E-state index is 0.402. The lowest BCUT2D eigenvalue weighted by Crippen LogP contribution is -2.31. The number of carbonyl (C=O) groups excluding carboxylic acids is 1. The van der Waals surface area contributed by atoms with Gasteiger partial charge in [0, 0.05) is 4.91 Å². The fourth-order valence-electron chi connectivity index (χ4n) is 3.12. The second-order valence-electron chi connectivity index (χ2n) is 7.75. The number of esters is 1. The van der Waals surface area contributed by atoms with Gasteiger partial charge in [-0.25, -0.2) is 4.79 Å². The molecule has 0 aliphatic carbocycles. The van der Waals surface area contributed by atoms with Crippen LogP contribution in [-0.2, 0) is 4.74 Å². The molecule has 0 saturated carbocycles. The van der Waals surface area contributed by atoms with Crippen molar-refractivity contribution in [1.29, 1.82) is 0 Å². The third-order valence-corrected chi connectivity index (χ3v) is 5.00. The SMILES string of the molecule is CCCCCCC/C=C/C(C)=C/CC/C=C/[C@@H](OC(=O)c1ccccc1)[C@H](CO)N=[N+]=[N-]. The minimum Gasteiger partial charge on any atom is -0.454 e. The van der Waals surface area contributed by atoms with Gasteiger partial charge in [-0.1, -0.05) is 85.8 Å². The predicted molar refractivity (Wildman–Crippen MR) is 130 cm³/mol. The number of benzene rings is 1. The molecule has 0 aromatic heterocycles. The van der Waals surface area contributed by atoms with Gasteiger partial charge in [-0.15, -0.1) is 0 Å². The number of carbonyl (C=O) groups is 1. The number of hydrogen-bond acceptors (Lipinski definition) is 4. The lowest BCUT2D eigenvalue weighted by molar-refractivity contribution is 0.0304. The molecule has 0 unspecified atom stereocenters. The van der Waals surface area contributed by atoms with E-state index < -0.39 is 24.7 Å². The van der Waals surface area contributed by atoms with Gasteiger partial charge in [0.1, 0.15) is 12.1 Å². The Labute approximate surface area is 192 Å². The van der Waals surface area contributed by atoms with E-state index in [-0.39, 0.29) is 0 Å². The molecule has 0 amide bonds. The molecule has 1 aromatic rings. The maximum atomic E-state index is 12.4. The van der Waals surface area contributed by atoms with Gasteiger partial charge in [0.05, 0.1) is 12.2 Å². The van der Waals surface area contributed by atoms with E-state index in [0.29, 0.717) is 5.56 Å². The number of ether oxygens (including phenoxy) is 1. The lowest BCUT2D eigenvalue weighted by atomic mass is 10.1. The predicted octanol–water partition coefficient (Wildman–Crippen LogP) is 7.08.